The first-order chi connectivity index (χ1) is 12.6. The van der Waals surface area contributed by atoms with Crippen LogP contribution in [0, 0.1) is 0 Å². The van der Waals surface area contributed by atoms with Crippen molar-refractivity contribution in [3.8, 4) is 0 Å². The van der Waals surface area contributed by atoms with Crippen molar-refractivity contribution in [2.45, 2.75) is 17.7 Å². The molecule has 0 aliphatic carbocycles. The fourth-order valence-corrected chi connectivity index (χ4v) is 3.41. The van der Waals surface area contributed by atoms with Gasteiger partial charge in [-0.2, -0.15) is 0 Å². The highest BCUT2D eigenvalue weighted by Gasteiger charge is 2.30. The summed E-state index contributed by atoms with van der Waals surface area (Å²) in [6.45, 7) is 3.71. The molecular weight excluding hydrogens is 348 g/mol. The van der Waals surface area contributed by atoms with Crippen LogP contribution in [-0.4, -0.2) is 23.5 Å². The maximum absolute atomic E-state index is 12.5. The third-order valence-corrected chi connectivity index (χ3v) is 5.00. The zero-order valence-electron chi connectivity index (χ0n) is 14.1. The maximum atomic E-state index is 12.5. The van der Waals surface area contributed by atoms with Gasteiger partial charge in [0, 0.05) is 29.1 Å². The molecule has 0 radical (unpaired) electrons. The quantitative estimate of drug-likeness (QED) is 0.479. The summed E-state index contributed by atoms with van der Waals surface area (Å²) in [6.07, 6.45) is 2.28. The highest BCUT2D eigenvalue weighted by molar-refractivity contribution is 7.99. The molecule has 5 nitrogen and oxygen atoms in total. The predicted molar refractivity (Wildman–Crippen MR) is 103 cm³/mol. The standard InChI is InChI=1S/C20H18N2O3S/c1-2-13-26-17-6-4-3-5-16(17)21-20(25)14-7-9-15(10-8-14)22-18(23)11-12-19(22)24/h2-10H,1,11-13H2,(H,21,25). The highest BCUT2D eigenvalue weighted by Crippen LogP contribution is 2.28. The molecule has 0 atom stereocenters. The molecule has 0 bridgehead atoms. The van der Waals surface area contributed by atoms with Gasteiger partial charge in [0.15, 0.2) is 0 Å². The van der Waals surface area contributed by atoms with Crippen LogP contribution in [0.4, 0.5) is 11.4 Å². The van der Waals surface area contributed by atoms with E-state index in [0.717, 1.165) is 16.3 Å². The smallest absolute Gasteiger partial charge is 0.255 e. The minimum Gasteiger partial charge on any atom is -0.321 e. The molecule has 1 N–H and O–H groups in total. The number of nitrogens with one attached hydrogen (secondary N) is 1. The normalized spacial score (nSPS) is 13.8. The number of thioether (sulfide) groups is 1. The van der Waals surface area contributed by atoms with Crippen molar-refractivity contribution >= 4 is 40.9 Å². The Kier molecular flexibility index (Phi) is 5.53. The van der Waals surface area contributed by atoms with Gasteiger partial charge in [0.25, 0.3) is 5.91 Å². The monoisotopic (exact) mass is 366 g/mol. The molecule has 26 heavy (non-hydrogen) atoms. The summed E-state index contributed by atoms with van der Waals surface area (Å²) in [5.41, 5.74) is 1.69. The lowest BCUT2D eigenvalue weighted by Gasteiger charge is -2.14. The molecule has 1 saturated heterocycles. The Bertz CT molecular complexity index is 846. The highest BCUT2D eigenvalue weighted by atomic mass is 32.2. The van der Waals surface area contributed by atoms with Crippen molar-refractivity contribution in [2.75, 3.05) is 16.0 Å². The summed E-state index contributed by atoms with van der Waals surface area (Å²) in [5, 5.41) is 2.90. The van der Waals surface area contributed by atoms with Gasteiger partial charge in [-0.1, -0.05) is 18.2 Å². The minimum absolute atomic E-state index is 0.208. The van der Waals surface area contributed by atoms with Crippen molar-refractivity contribution in [3.63, 3.8) is 0 Å². The van der Waals surface area contributed by atoms with E-state index in [1.54, 1.807) is 36.0 Å². The molecule has 6 heteroatoms. The van der Waals surface area contributed by atoms with Gasteiger partial charge in [0.05, 0.1) is 11.4 Å². The number of anilines is 2. The van der Waals surface area contributed by atoms with E-state index in [-0.39, 0.29) is 30.6 Å². The lowest BCUT2D eigenvalue weighted by molar-refractivity contribution is -0.121. The second-order valence-corrected chi connectivity index (χ2v) is 6.78. The summed E-state index contributed by atoms with van der Waals surface area (Å²) < 4.78 is 0. The first-order valence-electron chi connectivity index (χ1n) is 8.20. The molecule has 0 unspecified atom stereocenters. The molecule has 2 aromatic rings. The lowest BCUT2D eigenvalue weighted by atomic mass is 10.1. The SMILES string of the molecule is C=CCSc1ccccc1NC(=O)c1ccc(N2C(=O)CCC2=O)cc1. The van der Waals surface area contributed by atoms with E-state index >= 15 is 0 Å². The Morgan fingerprint density at radius 2 is 1.73 bits per heavy atom. The van der Waals surface area contributed by atoms with E-state index in [9.17, 15) is 14.4 Å². The molecule has 0 spiro atoms. The number of carbonyl (C=O) groups excluding carboxylic acids is 3. The zero-order chi connectivity index (χ0) is 18.5. The van der Waals surface area contributed by atoms with Crippen LogP contribution < -0.4 is 10.2 Å². The number of para-hydroxylation sites is 1. The number of hydrogen-bond donors (Lipinski definition) is 1. The van der Waals surface area contributed by atoms with E-state index in [1.165, 1.54) is 4.90 Å². The van der Waals surface area contributed by atoms with E-state index in [1.807, 2.05) is 30.3 Å². The largest absolute Gasteiger partial charge is 0.321 e. The van der Waals surface area contributed by atoms with E-state index in [0.29, 0.717) is 11.3 Å². The molecule has 1 fully saturated rings. The molecule has 1 aliphatic rings. The number of benzene rings is 2. The summed E-state index contributed by atoms with van der Waals surface area (Å²) in [6, 6.07) is 14.0. The number of amides is 3. The van der Waals surface area contributed by atoms with Gasteiger partial charge in [0.2, 0.25) is 11.8 Å². The first-order valence-corrected chi connectivity index (χ1v) is 9.18. The number of imide groups is 1. The summed E-state index contributed by atoms with van der Waals surface area (Å²) in [7, 11) is 0. The Hall–Kier alpha value is -2.86. The van der Waals surface area contributed by atoms with Gasteiger partial charge in [-0.05, 0) is 36.4 Å². The molecule has 1 heterocycles. The summed E-state index contributed by atoms with van der Waals surface area (Å²) in [4.78, 5) is 38.2. The topological polar surface area (TPSA) is 66.5 Å². The van der Waals surface area contributed by atoms with Crippen LogP contribution in [-0.2, 0) is 9.59 Å². The molecule has 2 aromatic carbocycles. The number of rotatable bonds is 6. The van der Waals surface area contributed by atoms with Crippen molar-refractivity contribution in [3.05, 3.63) is 66.7 Å². The molecule has 0 saturated carbocycles. The van der Waals surface area contributed by atoms with Crippen LogP contribution in [0.1, 0.15) is 23.2 Å². The van der Waals surface area contributed by atoms with E-state index < -0.39 is 0 Å². The van der Waals surface area contributed by atoms with Crippen LogP contribution in [0.3, 0.4) is 0 Å². The van der Waals surface area contributed by atoms with Crippen molar-refractivity contribution in [2.24, 2.45) is 0 Å². The third-order valence-electron chi connectivity index (χ3n) is 3.93. The van der Waals surface area contributed by atoms with Crippen LogP contribution >= 0.6 is 11.8 Å². The van der Waals surface area contributed by atoms with Crippen molar-refractivity contribution in [1.29, 1.82) is 0 Å². The average molecular weight is 366 g/mol. The number of carbonyl (C=O) groups is 3. The van der Waals surface area contributed by atoms with Crippen LogP contribution in [0.25, 0.3) is 0 Å². The van der Waals surface area contributed by atoms with Crippen LogP contribution in [0.5, 0.6) is 0 Å². The van der Waals surface area contributed by atoms with Crippen molar-refractivity contribution in [1.82, 2.24) is 0 Å². The van der Waals surface area contributed by atoms with Crippen LogP contribution in [0.2, 0.25) is 0 Å². The third kappa shape index (κ3) is 3.86. The maximum Gasteiger partial charge on any atom is 0.255 e. The van der Waals surface area contributed by atoms with Gasteiger partial charge in [-0.15, -0.1) is 18.3 Å². The number of hydrogen-bond acceptors (Lipinski definition) is 4. The molecule has 1 aliphatic heterocycles. The molecular formula is C20H18N2O3S. The second-order valence-electron chi connectivity index (χ2n) is 5.72. The van der Waals surface area contributed by atoms with Gasteiger partial charge in [-0.3, -0.25) is 19.3 Å². The lowest BCUT2D eigenvalue weighted by Crippen LogP contribution is -2.28. The summed E-state index contributed by atoms with van der Waals surface area (Å²) in [5.74, 6) is 0.0856. The molecule has 132 valence electrons. The molecule has 3 rings (SSSR count). The average Bonchev–Trinajstić information content (AvgIpc) is 2.99. The minimum atomic E-state index is -0.248. The predicted octanol–water partition coefficient (Wildman–Crippen LogP) is 3.87. The number of nitrogens with zero attached hydrogens (tertiary/aromatic N) is 1. The summed E-state index contributed by atoms with van der Waals surface area (Å²) >= 11 is 1.59. The Labute approximate surface area is 156 Å². The molecule has 0 aromatic heterocycles. The van der Waals surface area contributed by atoms with Gasteiger partial charge >= 0.3 is 0 Å². The van der Waals surface area contributed by atoms with Gasteiger partial charge in [-0.25, -0.2) is 0 Å². The fourth-order valence-electron chi connectivity index (χ4n) is 2.67. The Balaban J connectivity index is 1.74. The zero-order valence-corrected chi connectivity index (χ0v) is 14.9. The van der Waals surface area contributed by atoms with E-state index in [4.69, 9.17) is 0 Å². The second kappa shape index (κ2) is 8.01. The van der Waals surface area contributed by atoms with Crippen molar-refractivity contribution < 1.29 is 14.4 Å². The van der Waals surface area contributed by atoms with Gasteiger partial charge in [0.1, 0.15) is 0 Å². The molecule has 3 amide bonds. The Morgan fingerprint density at radius 1 is 1.08 bits per heavy atom. The first kappa shape index (κ1) is 17.9. The van der Waals surface area contributed by atoms with Crippen LogP contribution in [0.15, 0.2) is 66.1 Å². The Morgan fingerprint density at radius 3 is 2.38 bits per heavy atom. The van der Waals surface area contributed by atoms with E-state index in [2.05, 4.69) is 11.9 Å². The fraction of sp³-hybridized carbons (Fsp3) is 0.150. The van der Waals surface area contributed by atoms with Gasteiger partial charge < -0.3 is 5.32 Å².